The summed E-state index contributed by atoms with van der Waals surface area (Å²) < 4.78 is 0. The topological polar surface area (TPSA) is 487 Å². The lowest BCUT2D eigenvalue weighted by Gasteiger charge is -2.32. The molecule has 11 amide bonds. The van der Waals surface area contributed by atoms with Gasteiger partial charge in [0, 0.05) is 19.4 Å². The van der Waals surface area contributed by atoms with Crippen LogP contribution in [0, 0.1) is 11.8 Å². The van der Waals surface area contributed by atoms with Crippen LogP contribution in [0.5, 0.6) is 5.75 Å². The molecule has 1 aliphatic heterocycles. The molecule has 11 atom stereocenters. The first-order valence-electron chi connectivity index (χ1n) is 27.0. The fourth-order valence-corrected chi connectivity index (χ4v) is 8.60. The Morgan fingerprint density at radius 1 is 0.607 bits per heavy atom. The Morgan fingerprint density at radius 3 is 1.73 bits per heavy atom. The number of aliphatic hydroxyl groups excluding tert-OH is 2. The van der Waals surface area contributed by atoms with Crippen LogP contribution in [0.2, 0.25) is 0 Å². The first kappa shape index (κ1) is 69.5. The van der Waals surface area contributed by atoms with Crippen LogP contribution in [0.25, 0.3) is 0 Å². The summed E-state index contributed by atoms with van der Waals surface area (Å²) in [4.78, 5) is 171. The molecule has 2 aromatic carbocycles. The first-order chi connectivity index (χ1) is 39.4. The van der Waals surface area contributed by atoms with Gasteiger partial charge in [-0.15, -0.1) is 0 Å². The molecule has 3 rings (SSSR count). The third kappa shape index (κ3) is 22.2. The van der Waals surface area contributed by atoms with Gasteiger partial charge in [0.25, 0.3) is 0 Å². The van der Waals surface area contributed by atoms with E-state index in [0.717, 1.165) is 6.92 Å². The quantitative estimate of drug-likeness (QED) is 0.0318. The maximum atomic E-state index is 14.0. The van der Waals surface area contributed by atoms with Crippen LogP contribution in [-0.2, 0) is 75.2 Å². The average Bonchev–Trinajstić information content (AvgIpc) is 3.57. The van der Waals surface area contributed by atoms with Crippen LogP contribution >= 0.6 is 0 Å². The van der Waals surface area contributed by atoms with Crippen LogP contribution in [0.3, 0.4) is 0 Å². The summed E-state index contributed by atoms with van der Waals surface area (Å²) in [6.45, 7) is 6.73. The van der Waals surface area contributed by atoms with Crippen molar-refractivity contribution in [3.05, 3.63) is 65.7 Å². The highest BCUT2D eigenvalue weighted by Crippen LogP contribution is 2.22. The molecule has 462 valence electrons. The maximum Gasteiger partial charge on any atom is 0.326 e. The van der Waals surface area contributed by atoms with Crippen molar-refractivity contribution in [2.75, 3.05) is 19.7 Å². The number of amides is 11. The number of likely N-dealkylation sites (tertiary alicyclic amines) is 1. The van der Waals surface area contributed by atoms with Crippen molar-refractivity contribution in [3.63, 3.8) is 0 Å². The molecule has 0 unspecified atom stereocenters. The molecular weight excluding hydrogens is 1100 g/mol. The fraction of sp³-hybridized carbons (Fsp3) is 0.537. The second kappa shape index (κ2) is 33.4. The van der Waals surface area contributed by atoms with E-state index in [1.165, 1.54) is 37.8 Å². The minimum absolute atomic E-state index is 0.0194. The number of aromatic hydroxyl groups is 1. The number of benzene rings is 2. The predicted molar refractivity (Wildman–Crippen MR) is 296 cm³/mol. The molecule has 0 bridgehead atoms. The SMILES string of the molecule is CC(C)[C@H](NC(=O)[C@H](CC(N)=O)NC(=O)[C@@H](NC(=O)[C@@H]1CCCN1C(=O)[C@H](NC(=O)[C@@H](N)Cc1ccc(O)cc1)C(C)C)[C@@H](C)O)C(=O)NCC(=O)N[C@@H](CO)C(=O)N[C@@H](CCC(=O)O)C(=O)N[C@@H](C)C(=O)N[C@@H](Cc1ccccc1)C(=O)O. The molecule has 2 aromatic rings. The summed E-state index contributed by atoms with van der Waals surface area (Å²) in [5.74, 6) is -14.9. The van der Waals surface area contributed by atoms with Crippen molar-refractivity contribution in [2.24, 2.45) is 23.3 Å². The van der Waals surface area contributed by atoms with E-state index >= 15 is 0 Å². The highest BCUT2D eigenvalue weighted by atomic mass is 16.4. The summed E-state index contributed by atoms with van der Waals surface area (Å²) >= 11 is 0. The van der Waals surface area contributed by atoms with E-state index in [4.69, 9.17) is 11.5 Å². The van der Waals surface area contributed by atoms with Gasteiger partial charge in [0.15, 0.2) is 0 Å². The third-order valence-electron chi connectivity index (χ3n) is 13.3. The summed E-state index contributed by atoms with van der Waals surface area (Å²) in [6.07, 6.45) is -3.30. The van der Waals surface area contributed by atoms with Gasteiger partial charge in [0.2, 0.25) is 65.0 Å². The number of carbonyl (C=O) groups excluding carboxylic acids is 11. The zero-order valence-corrected chi connectivity index (χ0v) is 47.4. The van der Waals surface area contributed by atoms with Crippen molar-refractivity contribution in [3.8, 4) is 5.75 Å². The molecule has 0 radical (unpaired) electrons. The Balaban J connectivity index is 1.64. The molecule has 1 saturated heterocycles. The van der Waals surface area contributed by atoms with E-state index < -0.39 is 188 Å². The number of hydrogen-bond donors (Lipinski definition) is 16. The normalized spacial score (nSPS) is 16.5. The number of hydrogen-bond acceptors (Lipinski definition) is 17. The van der Waals surface area contributed by atoms with Gasteiger partial charge in [0.1, 0.15) is 60.1 Å². The molecule has 1 aliphatic rings. The number of aliphatic carboxylic acids is 2. The largest absolute Gasteiger partial charge is 0.508 e. The maximum absolute atomic E-state index is 14.0. The molecule has 0 saturated carbocycles. The molecule has 30 heteroatoms. The molecular formula is C54H78N12O18. The zero-order chi connectivity index (χ0) is 63.1. The third-order valence-corrected chi connectivity index (χ3v) is 13.3. The van der Waals surface area contributed by atoms with Crippen LogP contribution in [0.1, 0.15) is 84.8 Å². The molecule has 18 N–H and O–H groups in total. The zero-order valence-electron chi connectivity index (χ0n) is 47.4. The van der Waals surface area contributed by atoms with E-state index in [-0.39, 0.29) is 31.6 Å². The summed E-state index contributed by atoms with van der Waals surface area (Å²) in [5.41, 5.74) is 12.8. The lowest BCUT2D eigenvalue weighted by molar-refractivity contribution is -0.143. The van der Waals surface area contributed by atoms with Crippen molar-refractivity contribution < 1.29 is 87.9 Å². The molecule has 1 heterocycles. The van der Waals surface area contributed by atoms with Crippen LogP contribution in [0.15, 0.2) is 54.6 Å². The van der Waals surface area contributed by atoms with Crippen molar-refractivity contribution in [1.29, 1.82) is 0 Å². The molecule has 30 nitrogen and oxygen atoms in total. The molecule has 0 aliphatic carbocycles. The van der Waals surface area contributed by atoms with E-state index in [9.17, 15) is 87.9 Å². The van der Waals surface area contributed by atoms with Gasteiger partial charge >= 0.3 is 11.9 Å². The lowest BCUT2D eigenvalue weighted by atomic mass is 10.00. The molecule has 84 heavy (non-hydrogen) atoms. The van der Waals surface area contributed by atoms with Crippen molar-refractivity contribution in [2.45, 2.75) is 153 Å². The van der Waals surface area contributed by atoms with Crippen molar-refractivity contribution in [1.82, 2.24) is 52.8 Å². The van der Waals surface area contributed by atoms with E-state index in [0.29, 0.717) is 17.5 Å². The van der Waals surface area contributed by atoms with Crippen LogP contribution in [-0.4, -0.2) is 194 Å². The van der Waals surface area contributed by atoms with E-state index in [1.807, 2.05) is 0 Å². The average molecular weight is 1180 g/mol. The fourth-order valence-electron chi connectivity index (χ4n) is 8.60. The number of carboxylic acid groups (broad SMARTS) is 2. The molecule has 1 fully saturated rings. The first-order valence-corrected chi connectivity index (χ1v) is 27.0. The number of primary amides is 1. The standard InChI is InChI=1S/C54H78N12O18/c1-26(2)42(51(80)57-24-40(71)59-37(25-67)49(78)60-34(18-19-41(72)73)47(76)58-28(5)45(74)62-36(54(83)84)22-30-11-8-7-9-12-30)63-48(77)35(23-39(56)70)61-52(81)44(29(6)68)65-50(79)38-13-10-20-66(38)53(82)43(27(3)4)64-46(75)33(55)21-31-14-16-32(69)17-15-31/h7-9,11-12,14-17,26-29,33-38,42-44,67-69H,10,13,18-25,55H2,1-6H3,(H2,56,70)(H,57,80)(H,58,76)(H,59,71)(H,60,78)(H,61,81)(H,62,74)(H,63,77)(H,64,75)(H,65,79)(H,72,73)(H,83,84)/t28-,29+,33-,34-,35-,36-,37-,38-,42-,43+,44-/m0/s1. The molecule has 0 aromatic heterocycles. The second-order valence-electron chi connectivity index (χ2n) is 20.9. The number of phenolic OH excluding ortho intramolecular Hbond substituents is 1. The Labute approximate surface area is 483 Å². The molecule has 0 spiro atoms. The van der Waals surface area contributed by atoms with E-state index in [1.54, 1.807) is 56.3 Å². The Morgan fingerprint density at radius 2 is 1.17 bits per heavy atom. The van der Waals surface area contributed by atoms with Gasteiger partial charge in [-0.05, 0) is 74.6 Å². The second-order valence-corrected chi connectivity index (χ2v) is 20.9. The Hall–Kier alpha value is -8.77. The highest BCUT2D eigenvalue weighted by Gasteiger charge is 2.42. The number of aliphatic hydroxyl groups is 2. The highest BCUT2D eigenvalue weighted by molar-refractivity contribution is 5.99. The van der Waals surface area contributed by atoms with Gasteiger partial charge in [-0.25, -0.2) is 4.79 Å². The number of phenols is 1. The van der Waals surface area contributed by atoms with E-state index in [2.05, 4.69) is 47.9 Å². The summed E-state index contributed by atoms with van der Waals surface area (Å²) in [7, 11) is 0. The van der Waals surface area contributed by atoms with Gasteiger partial charge in [-0.2, -0.15) is 0 Å². The number of rotatable bonds is 33. The van der Waals surface area contributed by atoms with Gasteiger partial charge < -0.3 is 89.8 Å². The van der Waals surface area contributed by atoms with Crippen LogP contribution < -0.4 is 59.3 Å². The number of nitrogens with zero attached hydrogens (tertiary/aromatic N) is 1. The monoisotopic (exact) mass is 1180 g/mol. The van der Waals surface area contributed by atoms with Gasteiger partial charge in [-0.3, -0.25) is 57.5 Å². The minimum atomic E-state index is -1.83. The van der Waals surface area contributed by atoms with Crippen molar-refractivity contribution >= 4 is 76.9 Å². The minimum Gasteiger partial charge on any atom is -0.508 e. The number of carbonyl (C=O) groups is 13. The van der Waals surface area contributed by atoms with Crippen LogP contribution in [0.4, 0.5) is 0 Å². The Kier molecular flexibility index (Phi) is 27.6. The predicted octanol–water partition coefficient (Wildman–Crippen LogP) is -4.98. The Bertz CT molecular complexity index is 2680. The summed E-state index contributed by atoms with van der Waals surface area (Å²) in [6, 6.07) is -0.461. The van der Waals surface area contributed by atoms with Gasteiger partial charge in [0.05, 0.1) is 31.7 Å². The van der Waals surface area contributed by atoms with Gasteiger partial charge in [-0.1, -0.05) is 70.2 Å². The smallest absolute Gasteiger partial charge is 0.326 e. The number of carboxylic acids is 2. The number of nitrogens with two attached hydrogens (primary N) is 2. The number of nitrogens with one attached hydrogen (secondary N) is 9. The lowest BCUT2D eigenvalue weighted by Crippen LogP contribution is -2.62. The summed E-state index contributed by atoms with van der Waals surface area (Å²) in [5, 5.41) is 70.2.